The summed E-state index contributed by atoms with van der Waals surface area (Å²) in [5.41, 5.74) is 2.83. The zero-order valence-corrected chi connectivity index (χ0v) is 18.9. The molecule has 0 atom stereocenters. The molecule has 0 saturated carbocycles. The Morgan fingerprint density at radius 1 is 0.967 bits per heavy atom. The van der Waals surface area contributed by atoms with E-state index in [-0.39, 0.29) is 10.8 Å². The second-order valence-electron chi connectivity index (χ2n) is 6.68. The minimum Gasteiger partial charge on any atom is -0.380 e. The van der Waals surface area contributed by atoms with Gasteiger partial charge in [-0.15, -0.1) is 0 Å². The van der Waals surface area contributed by atoms with Gasteiger partial charge in [0.2, 0.25) is 0 Å². The Kier molecular flexibility index (Phi) is 6.91. The highest BCUT2D eigenvalue weighted by Crippen LogP contribution is 2.24. The normalized spacial score (nSPS) is 11.2. The molecule has 6 nitrogen and oxygen atoms in total. The Bertz CT molecular complexity index is 1140. The van der Waals surface area contributed by atoms with Crippen LogP contribution in [0.15, 0.2) is 76.1 Å². The van der Waals surface area contributed by atoms with Gasteiger partial charge < -0.3 is 10.1 Å². The van der Waals surface area contributed by atoms with Crippen LogP contribution in [0.3, 0.4) is 0 Å². The van der Waals surface area contributed by atoms with E-state index >= 15 is 0 Å². The fourth-order valence-corrected chi connectivity index (χ4v) is 4.41. The number of nitrogens with one attached hydrogen (secondary N) is 2. The molecule has 0 radical (unpaired) electrons. The average molecular weight is 489 g/mol. The van der Waals surface area contributed by atoms with Gasteiger partial charge >= 0.3 is 0 Å². The number of methoxy groups -OCH3 is 1. The molecule has 0 aliphatic heterocycles. The molecule has 0 unspecified atom stereocenters. The molecule has 0 aromatic heterocycles. The third-order valence-corrected chi connectivity index (χ3v) is 6.41. The van der Waals surface area contributed by atoms with E-state index in [1.54, 1.807) is 62.6 Å². The number of hydrogen-bond acceptors (Lipinski definition) is 4. The molecule has 3 aromatic carbocycles. The van der Waals surface area contributed by atoms with E-state index in [9.17, 15) is 13.2 Å². The van der Waals surface area contributed by atoms with Gasteiger partial charge in [-0.25, -0.2) is 8.42 Å². The van der Waals surface area contributed by atoms with E-state index in [2.05, 4.69) is 26.0 Å². The maximum Gasteiger partial charge on any atom is 0.262 e. The number of halogens is 1. The maximum atomic E-state index is 12.9. The summed E-state index contributed by atoms with van der Waals surface area (Å²) in [5, 5.41) is 2.75. The molecule has 30 heavy (non-hydrogen) atoms. The third-order valence-electron chi connectivity index (χ3n) is 4.36. The fourth-order valence-electron chi connectivity index (χ4n) is 2.82. The van der Waals surface area contributed by atoms with Crippen LogP contribution in [0.1, 0.15) is 21.5 Å². The molecule has 0 heterocycles. The van der Waals surface area contributed by atoms with Gasteiger partial charge in [0.15, 0.2) is 0 Å². The van der Waals surface area contributed by atoms with Crippen molar-refractivity contribution in [2.75, 3.05) is 17.1 Å². The van der Waals surface area contributed by atoms with Crippen LogP contribution in [-0.4, -0.2) is 21.4 Å². The summed E-state index contributed by atoms with van der Waals surface area (Å²) < 4.78 is 34.2. The van der Waals surface area contributed by atoms with Gasteiger partial charge in [0.05, 0.1) is 11.5 Å². The summed E-state index contributed by atoms with van der Waals surface area (Å²) >= 11 is 3.32. The van der Waals surface area contributed by atoms with E-state index < -0.39 is 10.0 Å². The van der Waals surface area contributed by atoms with Gasteiger partial charge in [-0.05, 0) is 66.6 Å². The summed E-state index contributed by atoms with van der Waals surface area (Å²) in [4.78, 5) is 12.6. The van der Waals surface area contributed by atoms with Crippen LogP contribution in [0.2, 0.25) is 0 Å². The first-order valence-electron chi connectivity index (χ1n) is 9.07. The molecule has 2 N–H and O–H groups in total. The number of carbonyl (C=O) groups is 1. The first kappa shape index (κ1) is 22.0. The standard InChI is InChI=1S/C22H21BrN2O4S/c1-15-3-10-20(24-22(26)17-6-4-16(5-7-17)14-29-2)13-21(15)30(27,28)25-19-11-8-18(23)9-12-19/h3-13,25H,14H2,1-2H3,(H,24,26). The van der Waals surface area contributed by atoms with Crippen LogP contribution in [-0.2, 0) is 21.4 Å². The molecule has 0 spiro atoms. The van der Waals surface area contributed by atoms with Gasteiger partial charge in [0.25, 0.3) is 15.9 Å². The second-order valence-corrected chi connectivity index (χ2v) is 9.24. The SMILES string of the molecule is COCc1ccc(C(=O)Nc2ccc(C)c(S(=O)(=O)Nc3ccc(Br)cc3)c2)cc1. The average Bonchev–Trinajstić information content (AvgIpc) is 2.71. The summed E-state index contributed by atoms with van der Waals surface area (Å²) in [6.07, 6.45) is 0. The highest BCUT2D eigenvalue weighted by atomic mass is 79.9. The van der Waals surface area contributed by atoms with Gasteiger partial charge in [-0.1, -0.05) is 34.1 Å². The van der Waals surface area contributed by atoms with E-state index in [0.29, 0.717) is 29.1 Å². The van der Waals surface area contributed by atoms with Crippen molar-refractivity contribution >= 4 is 43.2 Å². The van der Waals surface area contributed by atoms with Gasteiger partial charge in [0, 0.05) is 28.5 Å². The first-order valence-corrected chi connectivity index (χ1v) is 11.3. The first-order chi connectivity index (χ1) is 14.3. The molecule has 0 bridgehead atoms. The lowest BCUT2D eigenvalue weighted by Gasteiger charge is -2.13. The van der Waals surface area contributed by atoms with Crippen molar-refractivity contribution < 1.29 is 17.9 Å². The minimum atomic E-state index is -3.82. The van der Waals surface area contributed by atoms with Crippen molar-refractivity contribution in [1.82, 2.24) is 0 Å². The lowest BCUT2D eigenvalue weighted by molar-refractivity contribution is 0.102. The van der Waals surface area contributed by atoms with E-state index in [1.807, 2.05) is 12.1 Å². The Hall–Kier alpha value is -2.68. The number of anilines is 2. The minimum absolute atomic E-state index is 0.0960. The molecule has 8 heteroatoms. The molecule has 0 fully saturated rings. The number of amides is 1. The Balaban J connectivity index is 1.80. The summed E-state index contributed by atoms with van der Waals surface area (Å²) in [6.45, 7) is 2.17. The predicted octanol–water partition coefficient (Wildman–Crippen LogP) is 4.96. The Morgan fingerprint density at radius 2 is 1.60 bits per heavy atom. The summed E-state index contributed by atoms with van der Waals surface area (Å²) in [7, 11) is -2.22. The van der Waals surface area contributed by atoms with Crippen LogP contribution in [0.5, 0.6) is 0 Å². The van der Waals surface area contributed by atoms with Crippen LogP contribution in [0.4, 0.5) is 11.4 Å². The van der Waals surface area contributed by atoms with Crippen molar-refractivity contribution in [2.24, 2.45) is 0 Å². The number of ether oxygens (including phenoxy) is 1. The lowest BCUT2D eigenvalue weighted by atomic mass is 10.1. The van der Waals surface area contributed by atoms with E-state index in [1.165, 1.54) is 6.07 Å². The lowest BCUT2D eigenvalue weighted by Crippen LogP contribution is -2.16. The predicted molar refractivity (Wildman–Crippen MR) is 121 cm³/mol. The number of sulfonamides is 1. The zero-order valence-electron chi connectivity index (χ0n) is 16.5. The maximum absolute atomic E-state index is 12.9. The quantitative estimate of drug-likeness (QED) is 0.492. The van der Waals surface area contributed by atoms with Gasteiger partial charge in [0.1, 0.15) is 0 Å². The Morgan fingerprint density at radius 3 is 2.23 bits per heavy atom. The number of carbonyl (C=O) groups excluding carboxylic acids is 1. The van der Waals surface area contributed by atoms with E-state index in [0.717, 1.165) is 10.0 Å². The largest absolute Gasteiger partial charge is 0.380 e. The molecule has 0 aliphatic rings. The molecular weight excluding hydrogens is 468 g/mol. The van der Waals surface area contributed by atoms with Crippen molar-refractivity contribution in [2.45, 2.75) is 18.4 Å². The number of hydrogen-bond donors (Lipinski definition) is 2. The second kappa shape index (κ2) is 9.42. The zero-order chi connectivity index (χ0) is 21.7. The highest BCUT2D eigenvalue weighted by molar-refractivity contribution is 9.10. The molecule has 3 rings (SSSR count). The highest BCUT2D eigenvalue weighted by Gasteiger charge is 2.18. The molecular formula is C22H21BrN2O4S. The van der Waals surface area contributed by atoms with Crippen molar-refractivity contribution in [3.8, 4) is 0 Å². The topological polar surface area (TPSA) is 84.5 Å². The monoisotopic (exact) mass is 488 g/mol. The number of benzene rings is 3. The van der Waals surface area contributed by atoms with Crippen molar-refractivity contribution in [3.05, 3.63) is 87.9 Å². The molecule has 3 aromatic rings. The number of aryl methyl sites for hydroxylation is 1. The van der Waals surface area contributed by atoms with Gasteiger partial charge in [-0.2, -0.15) is 0 Å². The van der Waals surface area contributed by atoms with Crippen molar-refractivity contribution in [3.63, 3.8) is 0 Å². The Labute approximate surface area is 184 Å². The molecule has 1 amide bonds. The summed E-state index contributed by atoms with van der Waals surface area (Å²) in [5.74, 6) is -0.327. The van der Waals surface area contributed by atoms with Crippen LogP contribution < -0.4 is 10.0 Å². The number of rotatable bonds is 7. The molecule has 156 valence electrons. The third kappa shape index (κ3) is 5.47. The smallest absolute Gasteiger partial charge is 0.262 e. The van der Waals surface area contributed by atoms with Gasteiger partial charge in [-0.3, -0.25) is 9.52 Å². The van der Waals surface area contributed by atoms with Crippen LogP contribution in [0, 0.1) is 6.92 Å². The summed E-state index contributed by atoms with van der Waals surface area (Å²) in [6, 6.07) is 18.6. The molecule has 0 saturated heterocycles. The van der Waals surface area contributed by atoms with Crippen molar-refractivity contribution in [1.29, 1.82) is 0 Å². The fraction of sp³-hybridized carbons (Fsp3) is 0.136. The van der Waals surface area contributed by atoms with E-state index in [4.69, 9.17) is 4.74 Å². The van der Waals surface area contributed by atoms with Crippen LogP contribution in [0.25, 0.3) is 0 Å². The molecule has 0 aliphatic carbocycles. The van der Waals surface area contributed by atoms with Crippen LogP contribution >= 0.6 is 15.9 Å².